The number of carbonyl (C=O) groups excluding carboxylic acids is 2. The third-order valence-electron chi connectivity index (χ3n) is 5.97. The second-order valence-corrected chi connectivity index (χ2v) is 9.90. The molecule has 0 spiro atoms. The summed E-state index contributed by atoms with van der Waals surface area (Å²) in [5.41, 5.74) is 2.69. The fourth-order valence-electron chi connectivity index (χ4n) is 4.23. The smallest absolute Gasteiger partial charge is 0.255 e. The number of amides is 2. The molecule has 2 heterocycles. The predicted molar refractivity (Wildman–Crippen MR) is 138 cm³/mol. The number of hydrogen-bond donors (Lipinski definition) is 1. The van der Waals surface area contributed by atoms with Crippen LogP contribution < -0.4 is 10.2 Å². The standard InChI is InChI=1S/C27H30FN3O3S/c1-30(2)25-11-10-22(29-27(33)19-6-3-7-21(28)14-19)15-20(25)17-31(18-23-8-4-12-34-23)26(32)16-24-9-5-13-35-24/h3,5-7,9-11,13-15,23H,4,8,12,16-18H2,1-2H3,(H,29,33). The lowest BCUT2D eigenvalue weighted by Crippen LogP contribution is -2.38. The van der Waals surface area contributed by atoms with E-state index in [0.29, 0.717) is 25.2 Å². The molecular weight excluding hydrogens is 465 g/mol. The zero-order chi connectivity index (χ0) is 24.8. The number of hydrogen-bond acceptors (Lipinski definition) is 5. The van der Waals surface area contributed by atoms with Crippen molar-refractivity contribution in [3.05, 3.63) is 81.8 Å². The zero-order valence-electron chi connectivity index (χ0n) is 20.0. The lowest BCUT2D eigenvalue weighted by Gasteiger charge is -2.28. The van der Waals surface area contributed by atoms with E-state index in [2.05, 4.69) is 5.32 Å². The van der Waals surface area contributed by atoms with Crippen molar-refractivity contribution in [3.8, 4) is 0 Å². The number of anilines is 2. The van der Waals surface area contributed by atoms with Crippen LogP contribution in [0.2, 0.25) is 0 Å². The molecule has 1 N–H and O–H groups in total. The van der Waals surface area contributed by atoms with Crippen LogP contribution in [0.15, 0.2) is 60.0 Å². The van der Waals surface area contributed by atoms with Gasteiger partial charge in [-0.3, -0.25) is 9.59 Å². The van der Waals surface area contributed by atoms with Crippen LogP contribution in [0.5, 0.6) is 0 Å². The van der Waals surface area contributed by atoms with Gasteiger partial charge in [-0.05, 0) is 66.2 Å². The third kappa shape index (κ3) is 6.68. The molecule has 2 amide bonds. The SMILES string of the molecule is CN(C)c1ccc(NC(=O)c2cccc(F)c2)cc1CN(CC1CCCO1)C(=O)Cc1cccs1. The molecule has 35 heavy (non-hydrogen) atoms. The minimum absolute atomic E-state index is 0.0287. The van der Waals surface area contributed by atoms with Crippen LogP contribution >= 0.6 is 11.3 Å². The number of nitrogens with one attached hydrogen (secondary N) is 1. The molecule has 1 aliphatic heterocycles. The van der Waals surface area contributed by atoms with E-state index in [1.54, 1.807) is 17.4 Å². The molecule has 1 aromatic heterocycles. The maximum atomic E-state index is 13.6. The minimum atomic E-state index is -0.463. The highest BCUT2D eigenvalue weighted by Gasteiger charge is 2.24. The second-order valence-electron chi connectivity index (χ2n) is 8.87. The summed E-state index contributed by atoms with van der Waals surface area (Å²) in [5.74, 6) is -0.810. The van der Waals surface area contributed by atoms with Gasteiger partial charge < -0.3 is 19.9 Å². The van der Waals surface area contributed by atoms with Crippen LogP contribution in [-0.2, 0) is 22.5 Å². The average Bonchev–Trinajstić information content (AvgIpc) is 3.53. The van der Waals surface area contributed by atoms with E-state index in [9.17, 15) is 14.0 Å². The van der Waals surface area contributed by atoms with Crippen molar-refractivity contribution in [1.29, 1.82) is 0 Å². The van der Waals surface area contributed by atoms with Gasteiger partial charge in [0.1, 0.15) is 5.82 Å². The fourth-order valence-corrected chi connectivity index (χ4v) is 4.92. The topological polar surface area (TPSA) is 61.9 Å². The van der Waals surface area contributed by atoms with E-state index in [4.69, 9.17) is 4.74 Å². The van der Waals surface area contributed by atoms with Gasteiger partial charge >= 0.3 is 0 Å². The molecule has 2 aromatic carbocycles. The van der Waals surface area contributed by atoms with Crippen LogP contribution in [0, 0.1) is 5.82 Å². The Morgan fingerprint density at radius 3 is 2.69 bits per heavy atom. The highest BCUT2D eigenvalue weighted by molar-refractivity contribution is 7.10. The Bertz CT molecular complexity index is 1160. The molecule has 0 radical (unpaired) electrons. The van der Waals surface area contributed by atoms with E-state index < -0.39 is 11.7 Å². The van der Waals surface area contributed by atoms with Gasteiger partial charge in [-0.25, -0.2) is 4.39 Å². The number of carbonyl (C=O) groups is 2. The monoisotopic (exact) mass is 495 g/mol. The Hall–Kier alpha value is -3.23. The van der Waals surface area contributed by atoms with Crippen LogP contribution in [0.25, 0.3) is 0 Å². The van der Waals surface area contributed by atoms with Gasteiger partial charge in [0.15, 0.2) is 0 Å². The second kappa shape index (κ2) is 11.5. The summed E-state index contributed by atoms with van der Waals surface area (Å²) >= 11 is 1.57. The van der Waals surface area contributed by atoms with Crippen molar-refractivity contribution in [2.75, 3.05) is 37.5 Å². The molecule has 8 heteroatoms. The third-order valence-corrected chi connectivity index (χ3v) is 6.85. The van der Waals surface area contributed by atoms with Gasteiger partial charge in [-0.15, -0.1) is 11.3 Å². The van der Waals surface area contributed by atoms with Crippen molar-refractivity contribution in [2.45, 2.75) is 31.9 Å². The van der Waals surface area contributed by atoms with Gasteiger partial charge in [0.25, 0.3) is 5.91 Å². The van der Waals surface area contributed by atoms with Crippen molar-refractivity contribution in [3.63, 3.8) is 0 Å². The summed E-state index contributed by atoms with van der Waals surface area (Å²) in [4.78, 5) is 30.9. The van der Waals surface area contributed by atoms with Crippen molar-refractivity contribution < 1.29 is 18.7 Å². The number of benzene rings is 2. The summed E-state index contributed by atoms with van der Waals surface area (Å²) in [6, 6.07) is 15.1. The molecule has 1 saturated heterocycles. The Morgan fingerprint density at radius 1 is 1.14 bits per heavy atom. The highest BCUT2D eigenvalue weighted by atomic mass is 32.1. The normalized spacial score (nSPS) is 15.1. The number of thiophene rings is 1. The molecule has 1 aliphatic rings. The van der Waals surface area contributed by atoms with Crippen LogP contribution in [0.1, 0.15) is 33.6 Å². The van der Waals surface area contributed by atoms with Crippen LogP contribution in [0.3, 0.4) is 0 Å². The molecule has 184 valence electrons. The molecule has 0 bridgehead atoms. The summed E-state index contributed by atoms with van der Waals surface area (Å²) < 4.78 is 19.4. The molecule has 6 nitrogen and oxygen atoms in total. The molecule has 4 rings (SSSR count). The molecule has 1 unspecified atom stereocenters. The van der Waals surface area contributed by atoms with Crippen LogP contribution in [-0.4, -0.2) is 50.1 Å². The van der Waals surface area contributed by atoms with Gasteiger partial charge in [-0.1, -0.05) is 12.1 Å². The first-order chi connectivity index (χ1) is 16.9. The lowest BCUT2D eigenvalue weighted by atomic mass is 10.1. The maximum Gasteiger partial charge on any atom is 0.255 e. The molecule has 1 fully saturated rings. The van der Waals surface area contributed by atoms with E-state index in [0.717, 1.165) is 35.6 Å². The molecular formula is C27H30FN3O3S. The zero-order valence-corrected chi connectivity index (χ0v) is 20.8. The molecule has 3 aromatic rings. The lowest BCUT2D eigenvalue weighted by molar-refractivity contribution is -0.132. The number of rotatable bonds is 9. The number of nitrogens with zero attached hydrogens (tertiary/aromatic N) is 2. The average molecular weight is 496 g/mol. The Kier molecular flexibility index (Phi) is 8.15. The van der Waals surface area contributed by atoms with Crippen molar-refractivity contribution >= 4 is 34.5 Å². The van der Waals surface area contributed by atoms with Crippen molar-refractivity contribution in [1.82, 2.24) is 4.90 Å². The van der Waals surface area contributed by atoms with E-state index in [-0.39, 0.29) is 17.6 Å². The van der Waals surface area contributed by atoms with E-state index >= 15 is 0 Å². The summed E-state index contributed by atoms with van der Waals surface area (Å²) in [7, 11) is 3.89. The summed E-state index contributed by atoms with van der Waals surface area (Å²) in [5, 5.41) is 4.83. The van der Waals surface area contributed by atoms with Crippen molar-refractivity contribution in [2.24, 2.45) is 0 Å². The first-order valence-corrected chi connectivity index (χ1v) is 12.6. The van der Waals surface area contributed by atoms with Crippen LogP contribution in [0.4, 0.5) is 15.8 Å². The first kappa shape index (κ1) is 24.9. The van der Waals surface area contributed by atoms with Gasteiger partial charge in [0.2, 0.25) is 5.91 Å². The van der Waals surface area contributed by atoms with E-state index in [1.165, 1.54) is 18.2 Å². The Balaban J connectivity index is 1.57. The van der Waals surface area contributed by atoms with Gasteiger partial charge in [0, 0.05) is 55.6 Å². The van der Waals surface area contributed by atoms with Gasteiger partial charge in [0.05, 0.1) is 12.5 Å². The minimum Gasteiger partial charge on any atom is -0.377 e. The largest absolute Gasteiger partial charge is 0.377 e. The first-order valence-electron chi connectivity index (χ1n) is 11.7. The predicted octanol–water partition coefficient (Wildman–Crippen LogP) is 4.96. The Morgan fingerprint density at radius 2 is 2.00 bits per heavy atom. The quantitative estimate of drug-likeness (QED) is 0.456. The summed E-state index contributed by atoms with van der Waals surface area (Å²) in [6.07, 6.45) is 2.31. The van der Waals surface area contributed by atoms with Gasteiger partial charge in [-0.2, -0.15) is 0 Å². The van der Waals surface area contributed by atoms with E-state index in [1.807, 2.05) is 59.6 Å². The summed E-state index contributed by atoms with van der Waals surface area (Å²) in [6.45, 7) is 1.64. The molecule has 1 atom stereocenters. The maximum absolute atomic E-state index is 13.6. The Labute approximate surface area is 209 Å². The molecule has 0 saturated carbocycles. The number of halogens is 1. The molecule has 0 aliphatic carbocycles. The highest BCUT2D eigenvalue weighted by Crippen LogP contribution is 2.26. The number of ether oxygens (including phenoxy) is 1. The fraction of sp³-hybridized carbons (Fsp3) is 0.333.